The third-order valence-electron chi connectivity index (χ3n) is 4.27. The van der Waals surface area contributed by atoms with Crippen LogP contribution in [0.1, 0.15) is 27.8 Å². The van der Waals surface area contributed by atoms with Crippen molar-refractivity contribution < 1.29 is 13.7 Å². The van der Waals surface area contributed by atoms with Crippen molar-refractivity contribution >= 4 is 29.3 Å². The van der Waals surface area contributed by atoms with E-state index in [1.54, 1.807) is 13.0 Å². The number of amides is 1. The van der Waals surface area contributed by atoms with Gasteiger partial charge in [-0.3, -0.25) is 4.79 Å². The molecule has 0 bridgehead atoms. The van der Waals surface area contributed by atoms with Crippen LogP contribution in [0.25, 0.3) is 11.3 Å². The third-order valence-corrected chi connectivity index (χ3v) is 5.59. The van der Waals surface area contributed by atoms with Crippen molar-refractivity contribution in [2.24, 2.45) is 0 Å². The molecule has 152 valence electrons. The lowest BCUT2D eigenvalue weighted by Gasteiger charge is -2.08. The highest BCUT2D eigenvalue weighted by Crippen LogP contribution is 2.26. The maximum Gasteiger partial charge on any atom is 0.252 e. The highest BCUT2D eigenvalue weighted by Gasteiger charge is 2.14. The largest absolute Gasteiger partial charge is 0.459 e. The zero-order chi connectivity index (χ0) is 20.9. The summed E-state index contributed by atoms with van der Waals surface area (Å²) in [5.41, 5.74) is 1.52. The van der Waals surface area contributed by atoms with Crippen LogP contribution in [0, 0.1) is 6.92 Å². The number of carbonyl (C=O) groups excluding carboxylic acids is 1. The Hall–Kier alpha value is -3.03. The van der Waals surface area contributed by atoms with Gasteiger partial charge in [0.05, 0.1) is 17.9 Å². The molecule has 0 atom stereocenters. The number of rotatable bonds is 7. The van der Waals surface area contributed by atoms with Gasteiger partial charge >= 0.3 is 0 Å². The van der Waals surface area contributed by atoms with E-state index in [2.05, 4.69) is 15.5 Å². The monoisotopic (exact) mass is 439 g/mol. The van der Waals surface area contributed by atoms with Crippen molar-refractivity contribution in [2.75, 3.05) is 0 Å². The highest BCUT2D eigenvalue weighted by atomic mass is 35.5. The maximum absolute atomic E-state index is 12.7. The average molecular weight is 440 g/mol. The number of thioether (sulfide) groups is 1. The molecule has 0 aliphatic carbocycles. The molecule has 8 heteroatoms. The Kier molecular flexibility index (Phi) is 6.21. The molecule has 0 saturated heterocycles. The van der Waals surface area contributed by atoms with Crippen LogP contribution in [0.4, 0.5) is 0 Å². The molecule has 0 aliphatic rings. The second-order valence-corrected chi connectivity index (χ2v) is 7.92. The van der Waals surface area contributed by atoms with Gasteiger partial charge in [-0.05, 0) is 48.5 Å². The number of hydrogen-bond donors (Lipinski definition) is 1. The number of hydrogen-bond acceptors (Lipinski definition) is 6. The molecule has 6 nitrogen and oxygen atoms in total. The van der Waals surface area contributed by atoms with E-state index in [-0.39, 0.29) is 12.5 Å². The quantitative estimate of drug-likeness (QED) is 0.382. The van der Waals surface area contributed by atoms with Crippen molar-refractivity contribution in [1.82, 2.24) is 15.5 Å². The molecule has 0 spiro atoms. The Morgan fingerprint density at radius 2 is 1.90 bits per heavy atom. The Balaban J connectivity index is 1.39. The smallest absolute Gasteiger partial charge is 0.252 e. The van der Waals surface area contributed by atoms with E-state index in [9.17, 15) is 4.79 Å². The van der Waals surface area contributed by atoms with Gasteiger partial charge in [0.15, 0.2) is 5.82 Å². The molecule has 1 amide bonds. The van der Waals surface area contributed by atoms with Gasteiger partial charge in [0.2, 0.25) is 5.89 Å². The van der Waals surface area contributed by atoms with Crippen LogP contribution < -0.4 is 5.32 Å². The van der Waals surface area contributed by atoms with E-state index in [1.807, 2.05) is 54.6 Å². The molecule has 0 saturated carbocycles. The normalized spacial score (nSPS) is 10.9. The minimum absolute atomic E-state index is 0.174. The van der Waals surface area contributed by atoms with Crippen LogP contribution in [0.2, 0.25) is 5.02 Å². The van der Waals surface area contributed by atoms with Crippen LogP contribution in [0.15, 0.2) is 74.5 Å². The SMILES string of the molecule is Cc1nc(CSc2ccccc2C(=O)NCc2ccc(-c3ccc(Cl)cc3)o2)no1. The first-order valence-electron chi connectivity index (χ1n) is 9.22. The van der Waals surface area contributed by atoms with Crippen molar-refractivity contribution in [3.8, 4) is 11.3 Å². The number of carbonyl (C=O) groups is 1. The molecule has 0 unspecified atom stereocenters. The second kappa shape index (κ2) is 9.19. The van der Waals surface area contributed by atoms with Crippen molar-refractivity contribution in [2.45, 2.75) is 24.1 Å². The molecule has 2 aromatic heterocycles. The molecule has 0 fully saturated rings. The van der Waals surface area contributed by atoms with Gasteiger partial charge < -0.3 is 14.3 Å². The summed E-state index contributed by atoms with van der Waals surface area (Å²) in [5, 5.41) is 7.47. The fraction of sp³-hybridized carbons (Fsp3) is 0.136. The summed E-state index contributed by atoms with van der Waals surface area (Å²) in [6.45, 7) is 2.03. The summed E-state index contributed by atoms with van der Waals surface area (Å²) >= 11 is 7.41. The summed E-state index contributed by atoms with van der Waals surface area (Å²) < 4.78 is 10.8. The molecule has 0 aliphatic heterocycles. The molecule has 30 heavy (non-hydrogen) atoms. The first kappa shape index (κ1) is 20.3. The van der Waals surface area contributed by atoms with Crippen LogP contribution >= 0.6 is 23.4 Å². The zero-order valence-corrected chi connectivity index (χ0v) is 17.7. The molecule has 4 aromatic rings. The van der Waals surface area contributed by atoms with Gasteiger partial charge in [-0.25, -0.2) is 0 Å². The summed E-state index contributed by atoms with van der Waals surface area (Å²) in [4.78, 5) is 17.8. The van der Waals surface area contributed by atoms with Gasteiger partial charge in [0, 0.05) is 22.4 Å². The van der Waals surface area contributed by atoms with Crippen molar-refractivity contribution in [3.05, 3.63) is 88.7 Å². The molecular formula is C22H18ClN3O3S. The second-order valence-electron chi connectivity index (χ2n) is 6.47. The first-order chi connectivity index (χ1) is 14.6. The van der Waals surface area contributed by atoms with Gasteiger partial charge in [0.1, 0.15) is 11.5 Å². The van der Waals surface area contributed by atoms with E-state index in [0.717, 1.165) is 16.2 Å². The van der Waals surface area contributed by atoms with E-state index >= 15 is 0 Å². The summed E-state index contributed by atoms with van der Waals surface area (Å²) in [6.07, 6.45) is 0. The lowest BCUT2D eigenvalue weighted by Crippen LogP contribution is -2.23. The number of aromatic nitrogens is 2. The van der Waals surface area contributed by atoms with Crippen molar-refractivity contribution in [1.29, 1.82) is 0 Å². The Bertz CT molecular complexity index is 1150. The van der Waals surface area contributed by atoms with Crippen LogP contribution in [-0.2, 0) is 12.3 Å². The van der Waals surface area contributed by atoms with Crippen molar-refractivity contribution in [3.63, 3.8) is 0 Å². The van der Waals surface area contributed by atoms with E-state index < -0.39 is 0 Å². The summed E-state index contributed by atoms with van der Waals surface area (Å²) in [5.74, 6) is 2.85. The van der Waals surface area contributed by atoms with Crippen LogP contribution in [0.3, 0.4) is 0 Å². The summed E-state index contributed by atoms with van der Waals surface area (Å²) in [6, 6.07) is 18.6. The van der Waals surface area contributed by atoms with Crippen LogP contribution in [0.5, 0.6) is 0 Å². The van der Waals surface area contributed by atoms with Gasteiger partial charge in [-0.1, -0.05) is 28.9 Å². The molecule has 4 rings (SSSR count). The predicted molar refractivity (Wildman–Crippen MR) is 115 cm³/mol. The molecule has 0 radical (unpaired) electrons. The Morgan fingerprint density at radius 1 is 1.10 bits per heavy atom. The molecule has 2 heterocycles. The van der Waals surface area contributed by atoms with E-state index in [4.69, 9.17) is 20.5 Å². The van der Waals surface area contributed by atoms with Gasteiger partial charge in [-0.2, -0.15) is 4.98 Å². The van der Waals surface area contributed by atoms with E-state index in [1.165, 1.54) is 11.8 Å². The number of halogens is 1. The lowest BCUT2D eigenvalue weighted by atomic mass is 10.2. The topological polar surface area (TPSA) is 81.2 Å². The lowest BCUT2D eigenvalue weighted by molar-refractivity contribution is 0.0945. The minimum atomic E-state index is -0.174. The number of nitrogens with zero attached hydrogens (tertiary/aromatic N) is 2. The number of furan rings is 1. The zero-order valence-electron chi connectivity index (χ0n) is 16.1. The molecular weight excluding hydrogens is 422 g/mol. The Labute approximate surface area is 182 Å². The molecule has 2 aromatic carbocycles. The predicted octanol–water partition coefficient (Wildman–Crippen LogP) is 5.51. The molecule has 1 N–H and O–H groups in total. The van der Waals surface area contributed by atoms with Gasteiger partial charge in [-0.15, -0.1) is 11.8 Å². The minimum Gasteiger partial charge on any atom is -0.459 e. The standard InChI is InChI=1S/C22H18ClN3O3S/c1-14-25-21(26-29-14)13-30-20-5-3-2-4-18(20)22(27)24-12-17-10-11-19(28-17)15-6-8-16(23)9-7-15/h2-11H,12-13H2,1H3,(H,24,27). The summed E-state index contributed by atoms with van der Waals surface area (Å²) in [7, 11) is 0. The number of benzene rings is 2. The first-order valence-corrected chi connectivity index (χ1v) is 10.6. The number of nitrogens with one attached hydrogen (secondary N) is 1. The maximum atomic E-state index is 12.7. The van der Waals surface area contributed by atoms with Gasteiger partial charge in [0.25, 0.3) is 5.91 Å². The average Bonchev–Trinajstić information content (AvgIpc) is 3.40. The Morgan fingerprint density at radius 3 is 2.67 bits per heavy atom. The highest BCUT2D eigenvalue weighted by molar-refractivity contribution is 7.98. The van der Waals surface area contributed by atoms with Crippen LogP contribution in [-0.4, -0.2) is 16.0 Å². The third kappa shape index (κ3) is 4.93. The fourth-order valence-electron chi connectivity index (χ4n) is 2.83. The number of aryl methyl sites for hydroxylation is 1. The fourth-order valence-corrected chi connectivity index (χ4v) is 3.85. The van der Waals surface area contributed by atoms with E-state index in [0.29, 0.717) is 33.8 Å².